The molecule has 0 saturated heterocycles. The Balaban J connectivity index is 2.32. The Labute approximate surface area is 135 Å². The highest BCUT2D eigenvalue weighted by atomic mass is 35.5. The van der Waals surface area contributed by atoms with Crippen molar-refractivity contribution >= 4 is 23.2 Å². The molecule has 21 heavy (non-hydrogen) atoms. The third-order valence-corrected chi connectivity index (χ3v) is 3.74. The Bertz CT molecular complexity index is 599. The molecule has 0 bridgehead atoms. The first kappa shape index (κ1) is 16.0. The topological polar surface area (TPSA) is 18.5 Å². The van der Waals surface area contributed by atoms with Crippen LogP contribution in [0.3, 0.4) is 0 Å². The molecule has 1 unspecified atom stereocenters. The molecule has 0 amide bonds. The van der Waals surface area contributed by atoms with Gasteiger partial charge in [-0.3, -0.25) is 0 Å². The second-order valence-corrected chi connectivity index (χ2v) is 5.36. The molecule has 0 aliphatic rings. The van der Waals surface area contributed by atoms with E-state index in [0.29, 0.717) is 24.0 Å². The van der Waals surface area contributed by atoms with Gasteiger partial charge in [-0.25, -0.2) is 0 Å². The summed E-state index contributed by atoms with van der Waals surface area (Å²) in [7, 11) is 0. The molecule has 0 fully saturated rings. The number of benzene rings is 2. The Morgan fingerprint density at radius 1 is 0.905 bits per heavy atom. The van der Waals surface area contributed by atoms with Crippen molar-refractivity contribution in [3.05, 3.63) is 58.6 Å². The van der Waals surface area contributed by atoms with Crippen LogP contribution in [0.5, 0.6) is 11.5 Å². The zero-order valence-electron chi connectivity index (χ0n) is 12.1. The third-order valence-electron chi connectivity index (χ3n) is 3.00. The van der Waals surface area contributed by atoms with Crippen LogP contribution in [-0.4, -0.2) is 13.2 Å². The van der Waals surface area contributed by atoms with Gasteiger partial charge >= 0.3 is 0 Å². The predicted molar refractivity (Wildman–Crippen MR) is 87.9 cm³/mol. The van der Waals surface area contributed by atoms with Gasteiger partial charge in [0.1, 0.15) is 0 Å². The molecular formula is C17H18Cl2O2. The van der Waals surface area contributed by atoms with Crippen LogP contribution in [-0.2, 0) is 0 Å². The molecule has 0 saturated carbocycles. The average molecular weight is 325 g/mol. The minimum absolute atomic E-state index is 0.279. The summed E-state index contributed by atoms with van der Waals surface area (Å²) in [4.78, 5) is 0. The smallest absolute Gasteiger partial charge is 0.161 e. The van der Waals surface area contributed by atoms with Gasteiger partial charge in [0.15, 0.2) is 11.5 Å². The van der Waals surface area contributed by atoms with E-state index in [9.17, 15) is 0 Å². The van der Waals surface area contributed by atoms with Crippen LogP contribution in [0.4, 0.5) is 0 Å². The fourth-order valence-electron chi connectivity index (χ4n) is 2.08. The van der Waals surface area contributed by atoms with Crippen molar-refractivity contribution in [2.24, 2.45) is 0 Å². The van der Waals surface area contributed by atoms with E-state index in [1.54, 1.807) is 0 Å². The van der Waals surface area contributed by atoms with Gasteiger partial charge in [-0.15, -0.1) is 11.6 Å². The van der Waals surface area contributed by atoms with Gasteiger partial charge in [0.05, 0.1) is 18.6 Å². The summed E-state index contributed by atoms with van der Waals surface area (Å²) < 4.78 is 11.2. The van der Waals surface area contributed by atoms with E-state index < -0.39 is 0 Å². The number of ether oxygens (including phenoxy) is 2. The van der Waals surface area contributed by atoms with E-state index in [4.69, 9.17) is 32.7 Å². The molecule has 1 atom stereocenters. The maximum absolute atomic E-state index is 6.55. The van der Waals surface area contributed by atoms with Crippen LogP contribution in [0.15, 0.2) is 42.5 Å². The first-order chi connectivity index (χ1) is 10.2. The van der Waals surface area contributed by atoms with E-state index in [2.05, 4.69) is 0 Å². The summed E-state index contributed by atoms with van der Waals surface area (Å²) in [5.41, 5.74) is 1.90. The standard InChI is InChI=1S/C17H18Cl2O2/c1-3-20-15-9-8-13(11-16(15)21-4-2)17(19)12-6-5-7-14(18)10-12/h5-11,17H,3-4H2,1-2H3. The number of halogens is 2. The van der Waals surface area contributed by atoms with Crippen molar-refractivity contribution in [1.29, 1.82) is 0 Å². The summed E-state index contributed by atoms with van der Waals surface area (Å²) in [5, 5.41) is 0.396. The van der Waals surface area contributed by atoms with Crippen molar-refractivity contribution in [2.75, 3.05) is 13.2 Å². The van der Waals surface area contributed by atoms with Gasteiger partial charge in [0, 0.05) is 5.02 Å². The van der Waals surface area contributed by atoms with Gasteiger partial charge in [-0.2, -0.15) is 0 Å². The van der Waals surface area contributed by atoms with Crippen molar-refractivity contribution in [3.63, 3.8) is 0 Å². The zero-order chi connectivity index (χ0) is 15.2. The maximum Gasteiger partial charge on any atom is 0.161 e. The quantitative estimate of drug-likeness (QED) is 0.656. The van der Waals surface area contributed by atoms with Crippen LogP contribution in [0.1, 0.15) is 30.4 Å². The Hall–Kier alpha value is -1.38. The van der Waals surface area contributed by atoms with Crippen LogP contribution in [0.2, 0.25) is 5.02 Å². The van der Waals surface area contributed by atoms with Crippen LogP contribution < -0.4 is 9.47 Å². The van der Waals surface area contributed by atoms with Crippen molar-refractivity contribution in [2.45, 2.75) is 19.2 Å². The third kappa shape index (κ3) is 4.05. The first-order valence-corrected chi connectivity index (χ1v) is 7.76. The molecule has 0 heterocycles. The molecular weight excluding hydrogens is 307 g/mol. The normalized spacial score (nSPS) is 12.0. The lowest BCUT2D eigenvalue weighted by molar-refractivity contribution is 0.287. The highest BCUT2D eigenvalue weighted by Crippen LogP contribution is 2.36. The lowest BCUT2D eigenvalue weighted by Gasteiger charge is -2.15. The fourth-order valence-corrected chi connectivity index (χ4v) is 2.55. The minimum Gasteiger partial charge on any atom is -0.490 e. The minimum atomic E-state index is -0.279. The van der Waals surface area contributed by atoms with Gasteiger partial charge < -0.3 is 9.47 Å². The summed E-state index contributed by atoms with van der Waals surface area (Å²) >= 11 is 12.6. The van der Waals surface area contributed by atoms with Gasteiger partial charge in [0.25, 0.3) is 0 Å². The average Bonchev–Trinajstić information content (AvgIpc) is 2.49. The number of hydrogen-bond donors (Lipinski definition) is 0. The Morgan fingerprint density at radius 2 is 1.57 bits per heavy atom. The Kier molecular flexibility index (Phi) is 5.77. The second kappa shape index (κ2) is 7.58. The molecule has 112 valence electrons. The largest absolute Gasteiger partial charge is 0.490 e. The molecule has 2 rings (SSSR count). The van der Waals surface area contributed by atoms with Crippen LogP contribution in [0.25, 0.3) is 0 Å². The van der Waals surface area contributed by atoms with Gasteiger partial charge in [-0.05, 0) is 49.2 Å². The number of rotatable bonds is 6. The number of alkyl halides is 1. The van der Waals surface area contributed by atoms with Gasteiger partial charge in [-0.1, -0.05) is 29.8 Å². The first-order valence-electron chi connectivity index (χ1n) is 6.94. The molecule has 0 radical (unpaired) electrons. The molecule has 0 aromatic heterocycles. The van der Waals surface area contributed by atoms with Crippen molar-refractivity contribution in [1.82, 2.24) is 0 Å². The van der Waals surface area contributed by atoms with Gasteiger partial charge in [0.2, 0.25) is 0 Å². The molecule has 0 aliphatic carbocycles. The fraction of sp³-hybridized carbons (Fsp3) is 0.294. The van der Waals surface area contributed by atoms with Crippen LogP contribution >= 0.6 is 23.2 Å². The molecule has 0 N–H and O–H groups in total. The molecule has 0 aliphatic heterocycles. The summed E-state index contributed by atoms with van der Waals surface area (Å²) in [6.07, 6.45) is 0. The number of hydrogen-bond acceptors (Lipinski definition) is 2. The second-order valence-electron chi connectivity index (χ2n) is 4.49. The molecule has 4 heteroatoms. The SMILES string of the molecule is CCOc1ccc(C(Cl)c2cccc(Cl)c2)cc1OCC. The van der Waals surface area contributed by atoms with Crippen molar-refractivity contribution < 1.29 is 9.47 Å². The van der Waals surface area contributed by atoms with E-state index in [1.165, 1.54) is 0 Å². The monoisotopic (exact) mass is 324 g/mol. The van der Waals surface area contributed by atoms with E-state index >= 15 is 0 Å². The summed E-state index contributed by atoms with van der Waals surface area (Å²) in [6.45, 7) is 5.06. The maximum atomic E-state index is 6.55. The molecule has 2 nitrogen and oxygen atoms in total. The molecule has 2 aromatic carbocycles. The molecule has 0 spiro atoms. The lowest BCUT2D eigenvalue weighted by Crippen LogP contribution is -2.00. The van der Waals surface area contributed by atoms with E-state index in [0.717, 1.165) is 16.9 Å². The van der Waals surface area contributed by atoms with E-state index in [-0.39, 0.29) is 5.38 Å². The molecule has 2 aromatic rings. The highest BCUT2D eigenvalue weighted by Gasteiger charge is 2.14. The predicted octanol–water partition coefficient (Wildman–Crippen LogP) is 5.47. The Morgan fingerprint density at radius 3 is 2.24 bits per heavy atom. The van der Waals surface area contributed by atoms with Crippen LogP contribution in [0, 0.1) is 0 Å². The summed E-state index contributed by atoms with van der Waals surface area (Å²) in [6, 6.07) is 13.3. The lowest BCUT2D eigenvalue weighted by atomic mass is 10.0. The summed E-state index contributed by atoms with van der Waals surface area (Å²) in [5.74, 6) is 1.45. The van der Waals surface area contributed by atoms with E-state index in [1.807, 2.05) is 56.3 Å². The zero-order valence-corrected chi connectivity index (χ0v) is 13.6. The van der Waals surface area contributed by atoms with Crippen molar-refractivity contribution in [3.8, 4) is 11.5 Å². The highest BCUT2D eigenvalue weighted by molar-refractivity contribution is 6.30.